The van der Waals surface area contributed by atoms with Gasteiger partial charge in [0.2, 0.25) is 16.0 Å². The monoisotopic (exact) mass is 453 g/mol. The SMILES string of the molecule is CCS(=O)(=O)Nc1ncccc1CNc1nc(Nc2ccc3c(c2)CCNC3)ncc1C. The van der Waals surface area contributed by atoms with Crippen LogP contribution < -0.4 is 20.7 Å². The maximum atomic E-state index is 12.0. The Labute approximate surface area is 188 Å². The largest absolute Gasteiger partial charge is 0.365 e. The molecule has 0 spiro atoms. The molecule has 168 valence electrons. The number of aromatic nitrogens is 3. The number of aryl methyl sites for hydroxylation is 1. The molecule has 3 aromatic rings. The van der Waals surface area contributed by atoms with Gasteiger partial charge in [-0.2, -0.15) is 4.98 Å². The van der Waals surface area contributed by atoms with Crippen LogP contribution in [0.25, 0.3) is 0 Å². The number of nitrogens with zero attached hydrogens (tertiary/aromatic N) is 3. The van der Waals surface area contributed by atoms with Gasteiger partial charge in [-0.3, -0.25) is 4.72 Å². The van der Waals surface area contributed by atoms with Crippen LogP contribution in [0.1, 0.15) is 29.2 Å². The highest BCUT2D eigenvalue weighted by Crippen LogP contribution is 2.23. The number of pyridine rings is 1. The summed E-state index contributed by atoms with van der Waals surface area (Å²) in [6.07, 6.45) is 4.31. The number of hydrogen-bond donors (Lipinski definition) is 4. The summed E-state index contributed by atoms with van der Waals surface area (Å²) in [6, 6.07) is 9.90. The molecule has 0 aliphatic carbocycles. The van der Waals surface area contributed by atoms with Gasteiger partial charge in [0.15, 0.2) is 0 Å². The van der Waals surface area contributed by atoms with Crippen LogP contribution in [0.15, 0.2) is 42.7 Å². The van der Waals surface area contributed by atoms with E-state index in [-0.39, 0.29) is 5.75 Å². The van der Waals surface area contributed by atoms with Gasteiger partial charge >= 0.3 is 0 Å². The van der Waals surface area contributed by atoms with Crippen LogP contribution in [0.3, 0.4) is 0 Å². The molecule has 1 aliphatic heterocycles. The summed E-state index contributed by atoms with van der Waals surface area (Å²) in [6.45, 7) is 5.74. The lowest BCUT2D eigenvalue weighted by Gasteiger charge is -2.18. The Morgan fingerprint density at radius 1 is 1.12 bits per heavy atom. The Balaban J connectivity index is 1.48. The van der Waals surface area contributed by atoms with Crippen molar-refractivity contribution in [3.63, 3.8) is 0 Å². The second kappa shape index (κ2) is 9.49. The van der Waals surface area contributed by atoms with Gasteiger partial charge < -0.3 is 16.0 Å². The van der Waals surface area contributed by atoms with Crippen LogP contribution in [0, 0.1) is 6.92 Å². The van der Waals surface area contributed by atoms with E-state index in [2.05, 4.69) is 47.8 Å². The summed E-state index contributed by atoms with van der Waals surface area (Å²) >= 11 is 0. The Morgan fingerprint density at radius 3 is 2.84 bits per heavy atom. The van der Waals surface area contributed by atoms with Crippen molar-refractivity contribution in [3.8, 4) is 0 Å². The van der Waals surface area contributed by atoms with E-state index in [0.717, 1.165) is 36.3 Å². The predicted molar refractivity (Wildman–Crippen MR) is 127 cm³/mol. The number of hydrogen-bond acceptors (Lipinski definition) is 8. The molecule has 0 bridgehead atoms. The van der Waals surface area contributed by atoms with Crippen molar-refractivity contribution in [1.29, 1.82) is 0 Å². The third kappa shape index (κ3) is 5.32. The number of sulfonamides is 1. The summed E-state index contributed by atoms with van der Waals surface area (Å²) in [7, 11) is -3.41. The van der Waals surface area contributed by atoms with Gasteiger partial charge in [-0.1, -0.05) is 12.1 Å². The average molecular weight is 454 g/mol. The highest BCUT2D eigenvalue weighted by atomic mass is 32.2. The van der Waals surface area contributed by atoms with Gasteiger partial charge in [-0.05, 0) is 56.1 Å². The lowest BCUT2D eigenvalue weighted by molar-refractivity contribution is 0.602. The number of nitrogens with one attached hydrogen (secondary N) is 4. The third-order valence-electron chi connectivity index (χ3n) is 5.29. The van der Waals surface area contributed by atoms with Crippen molar-refractivity contribution in [2.45, 2.75) is 33.4 Å². The molecule has 1 aromatic carbocycles. The number of fused-ring (bicyclic) bond motifs is 1. The minimum absolute atomic E-state index is 0.0182. The Bertz CT molecular complexity index is 1210. The van der Waals surface area contributed by atoms with Crippen molar-refractivity contribution in [2.75, 3.05) is 27.7 Å². The van der Waals surface area contributed by atoms with E-state index >= 15 is 0 Å². The van der Waals surface area contributed by atoms with Gasteiger partial charge in [0.1, 0.15) is 11.6 Å². The van der Waals surface area contributed by atoms with Crippen molar-refractivity contribution in [1.82, 2.24) is 20.3 Å². The van der Waals surface area contributed by atoms with Crippen molar-refractivity contribution < 1.29 is 8.42 Å². The maximum absolute atomic E-state index is 12.0. The third-order valence-corrected chi connectivity index (χ3v) is 6.55. The van der Waals surface area contributed by atoms with Gasteiger partial charge in [0.05, 0.1) is 5.75 Å². The molecule has 0 saturated carbocycles. The maximum Gasteiger partial charge on any atom is 0.233 e. The van der Waals surface area contributed by atoms with Crippen LogP contribution in [-0.4, -0.2) is 35.7 Å². The van der Waals surface area contributed by atoms with E-state index in [1.165, 1.54) is 11.1 Å². The Morgan fingerprint density at radius 2 is 2.00 bits per heavy atom. The predicted octanol–water partition coefficient (Wildman–Crippen LogP) is 2.94. The molecular formula is C22H27N7O2S. The van der Waals surface area contributed by atoms with E-state index in [1.54, 1.807) is 25.4 Å². The first kappa shape index (κ1) is 22.0. The fourth-order valence-electron chi connectivity index (χ4n) is 3.44. The summed E-state index contributed by atoms with van der Waals surface area (Å²) in [5, 5.41) is 9.93. The zero-order valence-electron chi connectivity index (χ0n) is 18.1. The van der Waals surface area contributed by atoms with Gasteiger partial charge in [0, 0.05) is 42.3 Å². The molecule has 1 aliphatic rings. The molecule has 0 atom stereocenters. The first-order chi connectivity index (χ1) is 15.4. The van der Waals surface area contributed by atoms with Crippen LogP contribution in [-0.2, 0) is 29.5 Å². The Kier molecular flexibility index (Phi) is 6.52. The highest BCUT2D eigenvalue weighted by Gasteiger charge is 2.13. The minimum atomic E-state index is -3.41. The topological polar surface area (TPSA) is 121 Å². The van der Waals surface area contributed by atoms with Crippen molar-refractivity contribution in [3.05, 3.63) is 65.0 Å². The van der Waals surface area contributed by atoms with Crippen LogP contribution in [0.2, 0.25) is 0 Å². The zero-order valence-corrected chi connectivity index (χ0v) is 19.0. The van der Waals surface area contributed by atoms with Crippen LogP contribution >= 0.6 is 0 Å². The second-order valence-electron chi connectivity index (χ2n) is 7.63. The molecule has 0 unspecified atom stereocenters. The molecule has 4 N–H and O–H groups in total. The van der Waals surface area contributed by atoms with E-state index in [0.29, 0.717) is 24.1 Å². The van der Waals surface area contributed by atoms with Crippen LogP contribution in [0.5, 0.6) is 0 Å². The molecule has 0 amide bonds. The molecular weight excluding hydrogens is 426 g/mol. The zero-order chi connectivity index (χ0) is 22.6. The van der Waals surface area contributed by atoms with E-state index in [9.17, 15) is 8.42 Å². The fourth-order valence-corrected chi connectivity index (χ4v) is 4.06. The fraction of sp³-hybridized carbons (Fsp3) is 0.318. The number of anilines is 4. The van der Waals surface area contributed by atoms with Crippen LogP contribution in [0.4, 0.5) is 23.3 Å². The standard InChI is InChI=1S/C22H27N7O2S/c1-3-32(30,31)29-21-18(5-4-9-24-21)14-25-20-15(2)12-26-22(28-20)27-19-7-6-17-13-23-10-8-16(17)11-19/h4-7,9,11-12,23H,3,8,10,13-14H2,1-2H3,(H,24,29)(H2,25,26,27,28). The molecule has 9 nitrogen and oxygen atoms in total. The van der Waals surface area contributed by atoms with Gasteiger partial charge in [-0.25, -0.2) is 18.4 Å². The molecule has 4 rings (SSSR count). The first-order valence-corrected chi connectivity index (χ1v) is 12.2. The van der Waals surface area contributed by atoms with Crippen molar-refractivity contribution >= 4 is 33.3 Å². The first-order valence-electron chi connectivity index (χ1n) is 10.5. The number of benzene rings is 1. The molecule has 0 radical (unpaired) electrons. The summed E-state index contributed by atoms with van der Waals surface area (Å²) in [5.41, 5.74) is 5.20. The molecule has 3 heterocycles. The normalized spacial score (nSPS) is 13.3. The summed E-state index contributed by atoms with van der Waals surface area (Å²) in [5.74, 6) is 1.45. The molecule has 0 saturated heterocycles. The van der Waals surface area contributed by atoms with E-state index < -0.39 is 10.0 Å². The van der Waals surface area contributed by atoms with E-state index in [1.807, 2.05) is 19.1 Å². The number of rotatable bonds is 8. The molecule has 0 fully saturated rings. The van der Waals surface area contributed by atoms with Gasteiger partial charge in [-0.15, -0.1) is 0 Å². The lowest BCUT2D eigenvalue weighted by atomic mass is 10.0. The van der Waals surface area contributed by atoms with E-state index in [4.69, 9.17) is 0 Å². The summed E-state index contributed by atoms with van der Waals surface area (Å²) in [4.78, 5) is 13.2. The second-order valence-corrected chi connectivity index (χ2v) is 9.64. The van der Waals surface area contributed by atoms with Gasteiger partial charge in [0.25, 0.3) is 0 Å². The minimum Gasteiger partial charge on any atom is -0.365 e. The highest BCUT2D eigenvalue weighted by molar-refractivity contribution is 7.92. The Hall–Kier alpha value is -3.24. The summed E-state index contributed by atoms with van der Waals surface area (Å²) < 4.78 is 26.4. The average Bonchev–Trinajstić information content (AvgIpc) is 2.80. The smallest absolute Gasteiger partial charge is 0.233 e. The molecule has 10 heteroatoms. The quantitative estimate of drug-likeness (QED) is 0.411. The van der Waals surface area contributed by atoms with Crippen molar-refractivity contribution in [2.24, 2.45) is 0 Å². The molecule has 32 heavy (non-hydrogen) atoms. The molecule has 2 aromatic heterocycles. The lowest BCUT2D eigenvalue weighted by Crippen LogP contribution is -2.23.